The van der Waals surface area contributed by atoms with Crippen LogP contribution in [0.1, 0.15) is 39.2 Å². The number of nitrogens with two attached hydrogens (primary N) is 1. The van der Waals surface area contributed by atoms with Crippen LogP contribution < -0.4 is 16.4 Å². The molecule has 1 aromatic carbocycles. The van der Waals surface area contributed by atoms with Crippen LogP contribution in [0.2, 0.25) is 0 Å². The van der Waals surface area contributed by atoms with Crippen LogP contribution in [0.15, 0.2) is 29.6 Å². The monoisotopic (exact) mass is 318 g/mol. The standard InChI is InChI=1S/C15H18N4O2S/c1-2-7-17-14(20)10-3-5-11(6-4-10)18-15(21)12-9-22-13(8-16)19-12/h3-6,9H,2,7-8,16H2,1H3,(H,17,20)(H,18,21). The van der Waals surface area contributed by atoms with Gasteiger partial charge in [0.15, 0.2) is 0 Å². The average molecular weight is 318 g/mol. The fraction of sp³-hybridized carbons (Fsp3) is 0.267. The number of hydrogen-bond donors (Lipinski definition) is 3. The molecule has 2 rings (SSSR count). The van der Waals surface area contributed by atoms with E-state index in [0.717, 1.165) is 6.42 Å². The lowest BCUT2D eigenvalue weighted by Gasteiger charge is -2.06. The van der Waals surface area contributed by atoms with E-state index in [4.69, 9.17) is 5.73 Å². The van der Waals surface area contributed by atoms with Crippen LogP contribution >= 0.6 is 11.3 Å². The number of hydrogen-bond acceptors (Lipinski definition) is 5. The maximum absolute atomic E-state index is 12.0. The molecule has 0 fully saturated rings. The van der Waals surface area contributed by atoms with Gasteiger partial charge in [0.25, 0.3) is 11.8 Å². The first-order valence-corrected chi connectivity index (χ1v) is 7.86. The summed E-state index contributed by atoms with van der Waals surface area (Å²) in [7, 11) is 0. The van der Waals surface area contributed by atoms with Crippen LogP contribution in [0.3, 0.4) is 0 Å². The summed E-state index contributed by atoms with van der Waals surface area (Å²) in [5.41, 5.74) is 6.99. The van der Waals surface area contributed by atoms with Crippen molar-refractivity contribution in [1.29, 1.82) is 0 Å². The summed E-state index contributed by atoms with van der Waals surface area (Å²) >= 11 is 1.35. The number of amides is 2. The number of carbonyl (C=O) groups excluding carboxylic acids is 2. The van der Waals surface area contributed by atoms with Gasteiger partial charge in [0.2, 0.25) is 0 Å². The predicted molar refractivity (Wildman–Crippen MR) is 87.0 cm³/mol. The molecule has 2 amide bonds. The molecule has 0 saturated carbocycles. The number of anilines is 1. The fourth-order valence-corrected chi connectivity index (χ4v) is 2.40. The van der Waals surface area contributed by atoms with Crippen molar-refractivity contribution in [3.8, 4) is 0 Å². The second kappa shape index (κ2) is 7.67. The minimum atomic E-state index is -0.292. The van der Waals surface area contributed by atoms with Crippen LogP contribution in [-0.4, -0.2) is 23.3 Å². The van der Waals surface area contributed by atoms with Gasteiger partial charge in [-0.1, -0.05) is 6.92 Å². The lowest BCUT2D eigenvalue weighted by atomic mass is 10.2. The number of nitrogens with zero attached hydrogens (tertiary/aromatic N) is 1. The highest BCUT2D eigenvalue weighted by molar-refractivity contribution is 7.09. The van der Waals surface area contributed by atoms with Gasteiger partial charge in [-0.3, -0.25) is 9.59 Å². The van der Waals surface area contributed by atoms with Crippen molar-refractivity contribution in [1.82, 2.24) is 10.3 Å². The molecule has 4 N–H and O–H groups in total. The van der Waals surface area contributed by atoms with Crippen molar-refractivity contribution in [3.63, 3.8) is 0 Å². The maximum Gasteiger partial charge on any atom is 0.275 e. The van der Waals surface area contributed by atoms with E-state index >= 15 is 0 Å². The zero-order valence-electron chi connectivity index (χ0n) is 12.3. The predicted octanol–water partition coefficient (Wildman–Crippen LogP) is 1.99. The number of benzene rings is 1. The van der Waals surface area contributed by atoms with E-state index in [0.29, 0.717) is 35.0 Å². The molecule has 1 heterocycles. The van der Waals surface area contributed by atoms with Gasteiger partial charge in [-0.15, -0.1) is 11.3 Å². The van der Waals surface area contributed by atoms with Gasteiger partial charge >= 0.3 is 0 Å². The third-order valence-electron chi connectivity index (χ3n) is 2.90. The minimum Gasteiger partial charge on any atom is -0.352 e. The van der Waals surface area contributed by atoms with Gasteiger partial charge < -0.3 is 16.4 Å². The van der Waals surface area contributed by atoms with E-state index in [9.17, 15) is 9.59 Å². The quantitative estimate of drug-likeness (QED) is 0.759. The van der Waals surface area contributed by atoms with Gasteiger partial charge in [0.1, 0.15) is 10.7 Å². The molecule has 6 nitrogen and oxygen atoms in total. The van der Waals surface area contributed by atoms with E-state index in [1.165, 1.54) is 11.3 Å². The second-order valence-corrected chi connectivity index (χ2v) is 5.56. The molecule has 0 bridgehead atoms. The lowest BCUT2D eigenvalue weighted by Crippen LogP contribution is -2.23. The van der Waals surface area contributed by atoms with Crippen molar-refractivity contribution < 1.29 is 9.59 Å². The average Bonchev–Trinajstić information content (AvgIpc) is 3.02. The highest BCUT2D eigenvalue weighted by Gasteiger charge is 2.11. The Labute approximate surface area is 132 Å². The molecule has 0 aliphatic heterocycles. The van der Waals surface area contributed by atoms with E-state index in [1.54, 1.807) is 29.6 Å². The minimum absolute atomic E-state index is 0.119. The third-order valence-corrected chi connectivity index (χ3v) is 3.77. The van der Waals surface area contributed by atoms with Crippen molar-refractivity contribution in [3.05, 3.63) is 45.9 Å². The van der Waals surface area contributed by atoms with Crippen LogP contribution in [0.5, 0.6) is 0 Å². The number of carbonyl (C=O) groups is 2. The number of thiazole rings is 1. The van der Waals surface area contributed by atoms with Crippen LogP contribution in [0, 0.1) is 0 Å². The maximum atomic E-state index is 12.0. The van der Waals surface area contributed by atoms with Crippen molar-refractivity contribution in [2.45, 2.75) is 19.9 Å². The Bertz CT molecular complexity index is 652. The lowest BCUT2D eigenvalue weighted by molar-refractivity contribution is 0.0953. The van der Waals surface area contributed by atoms with E-state index in [2.05, 4.69) is 15.6 Å². The molecule has 2 aromatic rings. The zero-order valence-corrected chi connectivity index (χ0v) is 13.1. The van der Waals surface area contributed by atoms with Crippen molar-refractivity contribution in [2.75, 3.05) is 11.9 Å². The van der Waals surface area contributed by atoms with E-state index in [-0.39, 0.29) is 11.8 Å². The first-order chi connectivity index (χ1) is 10.6. The number of rotatable bonds is 6. The van der Waals surface area contributed by atoms with E-state index in [1.807, 2.05) is 6.92 Å². The Balaban J connectivity index is 1.98. The van der Waals surface area contributed by atoms with Crippen LogP contribution in [0.4, 0.5) is 5.69 Å². The molecular weight excluding hydrogens is 300 g/mol. The second-order valence-electron chi connectivity index (χ2n) is 4.62. The Morgan fingerprint density at radius 3 is 2.55 bits per heavy atom. The summed E-state index contributed by atoms with van der Waals surface area (Å²) in [6.07, 6.45) is 0.887. The number of nitrogens with one attached hydrogen (secondary N) is 2. The molecule has 0 unspecified atom stereocenters. The Hall–Kier alpha value is -2.25. The summed E-state index contributed by atoms with van der Waals surface area (Å²) in [6.45, 7) is 2.96. The molecule has 0 atom stereocenters. The Morgan fingerprint density at radius 2 is 1.95 bits per heavy atom. The Kier molecular flexibility index (Phi) is 5.62. The van der Waals surface area contributed by atoms with Crippen LogP contribution in [0.25, 0.3) is 0 Å². The summed E-state index contributed by atoms with van der Waals surface area (Å²) < 4.78 is 0. The van der Waals surface area contributed by atoms with Crippen LogP contribution in [-0.2, 0) is 6.54 Å². The largest absolute Gasteiger partial charge is 0.352 e. The Morgan fingerprint density at radius 1 is 1.23 bits per heavy atom. The summed E-state index contributed by atoms with van der Waals surface area (Å²) in [6, 6.07) is 6.73. The smallest absolute Gasteiger partial charge is 0.275 e. The molecule has 0 radical (unpaired) electrons. The SMILES string of the molecule is CCCNC(=O)c1ccc(NC(=O)c2csc(CN)n2)cc1. The van der Waals surface area contributed by atoms with Gasteiger partial charge in [-0.05, 0) is 30.7 Å². The normalized spacial score (nSPS) is 10.3. The van der Waals surface area contributed by atoms with Gasteiger partial charge in [0.05, 0.1) is 0 Å². The fourth-order valence-electron chi connectivity index (χ4n) is 1.75. The first kappa shape index (κ1) is 16.1. The summed E-state index contributed by atoms with van der Waals surface area (Å²) in [5.74, 6) is -0.411. The van der Waals surface area contributed by atoms with E-state index < -0.39 is 0 Å². The van der Waals surface area contributed by atoms with Gasteiger partial charge in [-0.25, -0.2) is 4.98 Å². The molecule has 0 saturated heterocycles. The molecule has 22 heavy (non-hydrogen) atoms. The molecule has 0 aliphatic rings. The third kappa shape index (κ3) is 4.12. The van der Waals surface area contributed by atoms with Gasteiger partial charge in [-0.2, -0.15) is 0 Å². The summed E-state index contributed by atoms with van der Waals surface area (Å²) in [4.78, 5) is 27.9. The van der Waals surface area contributed by atoms with Gasteiger partial charge in [0, 0.05) is 29.7 Å². The first-order valence-electron chi connectivity index (χ1n) is 6.98. The molecular formula is C15H18N4O2S. The molecule has 7 heteroatoms. The van der Waals surface area contributed by atoms with Crippen molar-refractivity contribution in [2.24, 2.45) is 5.73 Å². The highest BCUT2D eigenvalue weighted by Crippen LogP contribution is 2.13. The number of aromatic nitrogens is 1. The topological polar surface area (TPSA) is 97.1 Å². The molecule has 0 aliphatic carbocycles. The molecule has 116 valence electrons. The van der Waals surface area contributed by atoms with Crippen molar-refractivity contribution >= 4 is 28.8 Å². The zero-order chi connectivity index (χ0) is 15.9. The molecule has 1 aromatic heterocycles. The highest BCUT2D eigenvalue weighted by atomic mass is 32.1. The summed E-state index contributed by atoms with van der Waals surface area (Å²) in [5, 5.41) is 7.92. The molecule has 0 spiro atoms.